The highest BCUT2D eigenvalue weighted by Gasteiger charge is 2.32. The lowest BCUT2D eigenvalue weighted by Crippen LogP contribution is -2.59. The van der Waals surface area contributed by atoms with Crippen LogP contribution in [0.3, 0.4) is 0 Å². The summed E-state index contributed by atoms with van der Waals surface area (Å²) in [6.07, 6.45) is 0.871. The second-order valence-electron chi connectivity index (χ2n) is 11.3. The van der Waals surface area contributed by atoms with Crippen LogP contribution in [0.5, 0.6) is 0 Å². The SMILES string of the molecule is CC(C)C[C@H](NC(=O)[C@H](CCN)NC(=O)[C@H](Cc1ccccc1)NC(=O)[C@@H](CC(C)C)NC(=O)[C@@H](N)CCN)C(=O)O. The van der Waals surface area contributed by atoms with Gasteiger partial charge in [0.25, 0.3) is 0 Å². The third-order valence-electron chi connectivity index (χ3n) is 6.48. The van der Waals surface area contributed by atoms with Crippen LogP contribution in [0.1, 0.15) is 58.9 Å². The first-order chi connectivity index (χ1) is 19.8. The van der Waals surface area contributed by atoms with Crippen molar-refractivity contribution in [1.29, 1.82) is 0 Å². The molecule has 0 aliphatic rings. The molecule has 13 heteroatoms. The summed E-state index contributed by atoms with van der Waals surface area (Å²) in [5.41, 5.74) is 17.8. The number of nitrogens with two attached hydrogens (primary N) is 3. The number of hydrogen-bond acceptors (Lipinski definition) is 8. The van der Waals surface area contributed by atoms with Gasteiger partial charge in [-0.3, -0.25) is 19.2 Å². The Morgan fingerprint density at radius 3 is 1.64 bits per heavy atom. The summed E-state index contributed by atoms with van der Waals surface area (Å²) in [4.78, 5) is 64.3. The number of carboxylic acids is 1. The molecule has 0 bridgehead atoms. The van der Waals surface area contributed by atoms with Crippen molar-refractivity contribution in [3.05, 3.63) is 35.9 Å². The molecule has 0 radical (unpaired) electrons. The van der Waals surface area contributed by atoms with E-state index in [9.17, 15) is 29.1 Å². The first-order valence-corrected chi connectivity index (χ1v) is 14.4. The summed E-state index contributed by atoms with van der Waals surface area (Å²) in [6.45, 7) is 7.69. The first-order valence-electron chi connectivity index (χ1n) is 14.4. The van der Waals surface area contributed by atoms with Crippen molar-refractivity contribution >= 4 is 29.6 Å². The Bertz CT molecular complexity index is 1020. The monoisotopic (exact) mass is 591 g/mol. The van der Waals surface area contributed by atoms with Gasteiger partial charge in [-0.05, 0) is 56.2 Å². The van der Waals surface area contributed by atoms with Crippen LogP contribution >= 0.6 is 0 Å². The van der Waals surface area contributed by atoms with Gasteiger partial charge in [-0.25, -0.2) is 4.79 Å². The molecule has 13 nitrogen and oxygen atoms in total. The van der Waals surface area contributed by atoms with Crippen molar-refractivity contribution in [1.82, 2.24) is 21.3 Å². The Hall–Kier alpha value is -3.55. The fourth-order valence-electron chi connectivity index (χ4n) is 4.30. The Morgan fingerprint density at radius 1 is 0.667 bits per heavy atom. The molecule has 0 fully saturated rings. The van der Waals surface area contributed by atoms with Crippen molar-refractivity contribution in [2.45, 2.75) is 90.0 Å². The fourth-order valence-corrected chi connectivity index (χ4v) is 4.30. The van der Waals surface area contributed by atoms with Crippen molar-refractivity contribution in [3.8, 4) is 0 Å². The van der Waals surface area contributed by atoms with Gasteiger partial charge in [0.1, 0.15) is 24.2 Å². The Kier molecular flexibility index (Phi) is 16.3. The molecule has 11 N–H and O–H groups in total. The fraction of sp³-hybridized carbons (Fsp3) is 0.621. The molecule has 42 heavy (non-hydrogen) atoms. The van der Waals surface area contributed by atoms with E-state index in [0.717, 1.165) is 5.56 Å². The zero-order chi connectivity index (χ0) is 31.8. The van der Waals surface area contributed by atoms with Crippen LogP contribution in [0, 0.1) is 11.8 Å². The molecule has 5 atom stereocenters. The Labute approximate surface area is 248 Å². The van der Waals surface area contributed by atoms with E-state index in [1.54, 1.807) is 24.3 Å². The molecule has 1 aromatic carbocycles. The van der Waals surface area contributed by atoms with Crippen LogP contribution in [0.4, 0.5) is 0 Å². The molecule has 0 aliphatic carbocycles. The van der Waals surface area contributed by atoms with Crippen molar-refractivity contribution in [2.75, 3.05) is 13.1 Å². The topological polar surface area (TPSA) is 232 Å². The standard InChI is InChI=1S/C29H49N7O6/c1-17(2)14-22(34-25(37)20(32)10-12-30)27(39)35-23(16-19-8-6-5-7-9-19)28(40)33-21(11-13-31)26(38)36-24(29(41)42)15-18(3)4/h5-9,17-18,20-24H,10-16,30-32H2,1-4H3,(H,33,40)(H,34,37)(H,35,39)(H,36,38)(H,41,42)/t20-,21-,22+,23-,24-/m0/s1. The van der Waals surface area contributed by atoms with E-state index in [1.165, 1.54) is 0 Å². The number of nitrogens with one attached hydrogen (secondary N) is 4. The summed E-state index contributed by atoms with van der Waals surface area (Å²) < 4.78 is 0. The van der Waals surface area contributed by atoms with E-state index in [4.69, 9.17) is 17.2 Å². The van der Waals surface area contributed by atoms with Crippen molar-refractivity contribution in [3.63, 3.8) is 0 Å². The maximum absolute atomic E-state index is 13.5. The molecule has 236 valence electrons. The number of carboxylic acid groups (broad SMARTS) is 1. The highest BCUT2D eigenvalue weighted by atomic mass is 16.4. The van der Waals surface area contributed by atoms with Crippen LogP contribution < -0.4 is 38.5 Å². The van der Waals surface area contributed by atoms with Crippen LogP contribution in [0.15, 0.2) is 30.3 Å². The summed E-state index contributed by atoms with van der Waals surface area (Å²) in [7, 11) is 0. The van der Waals surface area contributed by atoms with Crippen molar-refractivity contribution < 1.29 is 29.1 Å². The maximum atomic E-state index is 13.5. The van der Waals surface area contributed by atoms with Gasteiger partial charge in [-0.15, -0.1) is 0 Å². The first kappa shape index (κ1) is 36.5. The molecule has 0 unspecified atom stereocenters. The van der Waals surface area contributed by atoms with E-state index in [0.29, 0.717) is 0 Å². The van der Waals surface area contributed by atoms with Crippen LogP contribution in [0.2, 0.25) is 0 Å². The Morgan fingerprint density at radius 2 is 1.12 bits per heavy atom. The van der Waals surface area contributed by atoms with E-state index >= 15 is 0 Å². The summed E-state index contributed by atoms with van der Waals surface area (Å²) >= 11 is 0. The van der Waals surface area contributed by atoms with Gasteiger partial charge in [-0.2, -0.15) is 0 Å². The number of carbonyl (C=O) groups is 5. The maximum Gasteiger partial charge on any atom is 0.326 e. The molecular formula is C29H49N7O6. The highest BCUT2D eigenvalue weighted by Crippen LogP contribution is 2.10. The van der Waals surface area contributed by atoms with E-state index in [-0.39, 0.29) is 57.0 Å². The van der Waals surface area contributed by atoms with Gasteiger partial charge in [-0.1, -0.05) is 58.0 Å². The average molecular weight is 592 g/mol. The number of carbonyl (C=O) groups excluding carboxylic acids is 4. The van der Waals surface area contributed by atoms with Gasteiger partial charge in [0, 0.05) is 6.42 Å². The Balaban J connectivity index is 3.20. The quantitative estimate of drug-likeness (QED) is 0.102. The van der Waals surface area contributed by atoms with Crippen molar-refractivity contribution in [2.24, 2.45) is 29.0 Å². The molecule has 0 heterocycles. The normalized spacial score (nSPS) is 14.8. The van der Waals surface area contributed by atoms with E-state index in [2.05, 4.69) is 21.3 Å². The van der Waals surface area contributed by atoms with Gasteiger partial charge >= 0.3 is 5.97 Å². The lowest BCUT2D eigenvalue weighted by atomic mass is 10.00. The number of rotatable bonds is 19. The summed E-state index contributed by atoms with van der Waals surface area (Å²) in [5.74, 6) is -3.62. The second-order valence-corrected chi connectivity index (χ2v) is 11.3. The molecule has 0 aliphatic heterocycles. The van der Waals surface area contributed by atoms with Crippen LogP contribution in [-0.2, 0) is 30.4 Å². The molecule has 0 saturated carbocycles. The third-order valence-corrected chi connectivity index (χ3v) is 6.48. The van der Waals surface area contributed by atoms with Gasteiger partial charge in [0.2, 0.25) is 23.6 Å². The molecule has 4 amide bonds. The molecule has 0 saturated heterocycles. The smallest absolute Gasteiger partial charge is 0.326 e. The van der Waals surface area contributed by atoms with Crippen LogP contribution in [0.25, 0.3) is 0 Å². The zero-order valence-corrected chi connectivity index (χ0v) is 25.1. The van der Waals surface area contributed by atoms with Crippen LogP contribution in [-0.4, -0.2) is 78.0 Å². The number of hydrogen-bond donors (Lipinski definition) is 8. The predicted molar refractivity (Wildman–Crippen MR) is 160 cm³/mol. The second kappa shape index (κ2) is 18.8. The minimum atomic E-state index is -1.19. The van der Waals surface area contributed by atoms with E-state index in [1.807, 2.05) is 33.8 Å². The predicted octanol–water partition coefficient (Wildman–Crippen LogP) is -0.630. The largest absolute Gasteiger partial charge is 0.480 e. The molecule has 1 rings (SSSR count). The highest BCUT2D eigenvalue weighted by molar-refractivity contribution is 5.95. The lowest BCUT2D eigenvalue weighted by Gasteiger charge is -2.27. The molecule has 0 spiro atoms. The molecule has 1 aromatic rings. The van der Waals surface area contributed by atoms with E-state index < -0.39 is 59.8 Å². The van der Waals surface area contributed by atoms with Gasteiger partial charge in [0.15, 0.2) is 0 Å². The minimum absolute atomic E-state index is 0.00328. The number of aliphatic carboxylic acids is 1. The number of amides is 4. The summed E-state index contributed by atoms with van der Waals surface area (Å²) in [6, 6.07) is 3.72. The van der Waals surface area contributed by atoms with Gasteiger partial charge < -0.3 is 43.6 Å². The minimum Gasteiger partial charge on any atom is -0.480 e. The third kappa shape index (κ3) is 13.4. The zero-order valence-electron chi connectivity index (χ0n) is 25.1. The number of benzene rings is 1. The molecule has 0 aromatic heterocycles. The molecular weight excluding hydrogens is 542 g/mol. The van der Waals surface area contributed by atoms with Gasteiger partial charge in [0.05, 0.1) is 6.04 Å². The average Bonchev–Trinajstić information content (AvgIpc) is 2.91. The summed E-state index contributed by atoms with van der Waals surface area (Å²) in [5, 5.41) is 20.1. The lowest BCUT2D eigenvalue weighted by molar-refractivity contribution is -0.142.